The van der Waals surface area contributed by atoms with Crippen LogP contribution in [0.4, 0.5) is 0 Å². The number of hydrogen-bond acceptors (Lipinski definition) is 3. The summed E-state index contributed by atoms with van der Waals surface area (Å²) in [6.07, 6.45) is 0.817. The third-order valence-corrected chi connectivity index (χ3v) is 3.20. The molecule has 0 saturated carbocycles. The highest BCUT2D eigenvalue weighted by Crippen LogP contribution is 2.15. The molecule has 3 unspecified atom stereocenters. The molecule has 0 aliphatic carbocycles. The number of β-amino-alcohol motifs (C(OH)–C–C–N with tert-alkyl or cyclic N) is 1. The molecule has 3 atom stereocenters. The second-order valence-electron chi connectivity index (χ2n) is 4.94. The molecular weight excluding hydrogens is 176 g/mol. The summed E-state index contributed by atoms with van der Waals surface area (Å²) in [5, 5.41) is 13.5. The summed E-state index contributed by atoms with van der Waals surface area (Å²) >= 11 is 0. The van der Waals surface area contributed by atoms with E-state index in [0.29, 0.717) is 12.1 Å². The minimum Gasteiger partial charge on any atom is -0.389 e. The van der Waals surface area contributed by atoms with Gasteiger partial charge in [0.25, 0.3) is 0 Å². The first-order valence-electron chi connectivity index (χ1n) is 5.64. The van der Waals surface area contributed by atoms with E-state index in [4.69, 9.17) is 0 Å². The van der Waals surface area contributed by atoms with Crippen LogP contribution >= 0.6 is 0 Å². The number of piperazine rings is 1. The van der Waals surface area contributed by atoms with Crippen LogP contribution in [0.3, 0.4) is 0 Å². The molecule has 0 amide bonds. The quantitative estimate of drug-likeness (QED) is 0.708. The summed E-state index contributed by atoms with van der Waals surface area (Å²) in [5.41, 5.74) is -0.536. The molecule has 0 radical (unpaired) electrons. The first kappa shape index (κ1) is 12.0. The van der Waals surface area contributed by atoms with E-state index >= 15 is 0 Å². The summed E-state index contributed by atoms with van der Waals surface area (Å²) in [6.45, 7) is 11.2. The summed E-state index contributed by atoms with van der Waals surface area (Å²) in [6, 6.07) is 1.07. The van der Waals surface area contributed by atoms with Crippen molar-refractivity contribution in [2.45, 2.75) is 51.8 Å². The molecular formula is C11H24N2O. The maximum Gasteiger partial charge on any atom is 0.0743 e. The maximum atomic E-state index is 10.0. The van der Waals surface area contributed by atoms with Crippen molar-refractivity contribution in [1.82, 2.24) is 10.2 Å². The lowest BCUT2D eigenvalue weighted by atomic mass is 10.0. The monoisotopic (exact) mass is 200 g/mol. The van der Waals surface area contributed by atoms with Crippen molar-refractivity contribution in [3.8, 4) is 0 Å². The highest BCUT2D eigenvalue weighted by atomic mass is 16.3. The molecule has 84 valence electrons. The van der Waals surface area contributed by atoms with Crippen molar-refractivity contribution in [1.29, 1.82) is 0 Å². The smallest absolute Gasteiger partial charge is 0.0743 e. The van der Waals surface area contributed by atoms with Crippen LogP contribution in [0.1, 0.15) is 34.1 Å². The van der Waals surface area contributed by atoms with E-state index in [-0.39, 0.29) is 0 Å². The van der Waals surface area contributed by atoms with E-state index in [1.165, 1.54) is 0 Å². The second-order valence-corrected chi connectivity index (χ2v) is 4.94. The maximum absolute atomic E-state index is 10.0. The number of rotatable bonds is 3. The van der Waals surface area contributed by atoms with E-state index < -0.39 is 5.60 Å². The van der Waals surface area contributed by atoms with Crippen molar-refractivity contribution in [2.24, 2.45) is 0 Å². The molecule has 1 aliphatic heterocycles. The molecule has 1 rings (SSSR count). The minimum atomic E-state index is -0.536. The van der Waals surface area contributed by atoms with Gasteiger partial charge in [0.1, 0.15) is 0 Å². The predicted molar refractivity (Wildman–Crippen MR) is 59.4 cm³/mol. The average Bonchev–Trinajstić information content (AvgIpc) is 2.11. The van der Waals surface area contributed by atoms with Gasteiger partial charge in [-0.15, -0.1) is 0 Å². The Balaban J connectivity index is 2.49. The van der Waals surface area contributed by atoms with Crippen molar-refractivity contribution < 1.29 is 5.11 Å². The van der Waals surface area contributed by atoms with Gasteiger partial charge in [0.05, 0.1) is 5.60 Å². The summed E-state index contributed by atoms with van der Waals surface area (Å²) < 4.78 is 0. The third kappa shape index (κ3) is 3.23. The van der Waals surface area contributed by atoms with Gasteiger partial charge in [-0.05, 0) is 27.2 Å². The Morgan fingerprint density at radius 1 is 1.50 bits per heavy atom. The molecule has 1 heterocycles. The number of aliphatic hydroxyl groups is 1. The van der Waals surface area contributed by atoms with Crippen molar-refractivity contribution in [3.05, 3.63) is 0 Å². The van der Waals surface area contributed by atoms with Gasteiger partial charge < -0.3 is 10.4 Å². The molecule has 1 saturated heterocycles. The molecule has 0 aromatic carbocycles. The van der Waals surface area contributed by atoms with E-state index in [1.807, 2.05) is 13.8 Å². The Hall–Kier alpha value is -0.120. The van der Waals surface area contributed by atoms with Gasteiger partial charge in [0.15, 0.2) is 0 Å². The van der Waals surface area contributed by atoms with Crippen LogP contribution in [0, 0.1) is 0 Å². The molecule has 0 aromatic heterocycles. The molecule has 0 spiro atoms. The van der Waals surface area contributed by atoms with Crippen LogP contribution in [0.25, 0.3) is 0 Å². The zero-order valence-corrected chi connectivity index (χ0v) is 9.88. The summed E-state index contributed by atoms with van der Waals surface area (Å²) in [4.78, 5) is 2.38. The van der Waals surface area contributed by atoms with Crippen LogP contribution in [0.15, 0.2) is 0 Å². The number of nitrogens with one attached hydrogen (secondary N) is 1. The fourth-order valence-electron chi connectivity index (χ4n) is 1.87. The zero-order chi connectivity index (χ0) is 10.8. The first-order valence-corrected chi connectivity index (χ1v) is 5.64. The van der Waals surface area contributed by atoms with E-state index in [9.17, 15) is 5.11 Å². The van der Waals surface area contributed by atoms with Gasteiger partial charge in [-0.2, -0.15) is 0 Å². The largest absolute Gasteiger partial charge is 0.389 e. The third-order valence-electron chi connectivity index (χ3n) is 3.20. The van der Waals surface area contributed by atoms with Gasteiger partial charge in [-0.3, -0.25) is 4.90 Å². The van der Waals surface area contributed by atoms with Gasteiger partial charge in [0, 0.05) is 31.7 Å². The molecule has 3 nitrogen and oxygen atoms in total. The number of hydrogen-bond donors (Lipinski definition) is 2. The predicted octanol–water partition coefficient (Wildman–Crippen LogP) is 0.830. The number of nitrogens with zero attached hydrogens (tertiary/aromatic N) is 1. The topological polar surface area (TPSA) is 35.5 Å². The van der Waals surface area contributed by atoms with Gasteiger partial charge in [-0.1, -0.05) is 6.92 Å². The second kappa shape index (κ2) is 4.60. The van der Waals surface area contributed by atoms with Gasteiger partial charge >= 0.3 is 0 Å². The average molecular weight is 200 g/mol. The normalized spacial score (nSPS) is 34.1. The lowest BCUT2D eigenvalue weighted by Gasteiger charge is -2.41. The Kier molecular flexibility index (Phi) is 3.93. The molecule has 1 aliphatic rings. The van der Waals surface area contributed by atoms with Crippen molar-refractivity contribution in [2.75, 3.05) is 19.6 Å². The highest BCUT2D eigenvalue weighted by molar-refractivity contribution is 4.86. The van der Waals surface area contributed by atoms with E-state index in [0.717, 1.165) is 26.1 Å². The summed E-state index contributed by atoms with van der Waals surface area (Å²) in [7, 11) is 0. The lowest BCUT2D eigenvalue weighted by molar-refractivity contribution is -0.00513. The fourth-order valence-corrected chi connectivity index (χ4v) is 1.87. The summed E-state index contributed by atoms with van der Waals surface area (Å²) in [5.74, 6) is 0. The van der Waals surface area contributed by atoms with E-state index in [1.54, 1.807) is 0 Å². The lowest BCUT2D eigenvalue weighted by Crippen LogP contribution is -2.57. The van der Waals surface area contributed by atoms with Gasteiger partial charge in [0.2, 0.25) is 0 Å². The Morgan fingerprint density at radius 3 is 2.71 bits per heavy atom. The van der Waals surface area contributed by atoms with Crippen LogP contribution in [-0.2, 0) is 0 Å². The molecule has 3 heteroatoms. The highest BCUT2D eigenvalue weighted by Gasteiger charge is 2.28. The molecule has 1 fully saturated rings. The molecule has 0 bridgehead atoms. The van der Waals surface area contributed by atoms with Crippen LogP contribution in [0.2, 0.25) is 0 Å². The zero-order valence-electron chi connectivity index (χ0n) is 9.88. The SMILES string of the molecule is CCC(C)(O)CN1CC(C)NCC1C. The van der Waals surface area contributed by atoms with Gasteiger partial charge in [-0.25, -0.2) is 0 Å². The standard InChI is InChI=1S/C11H24N2O/c1-5-11(4,14)8-13-7-9(2)12-6-10(13)3/h9-10,12,14H,5-8H2,1-4H3. The van der Waals surface area contributed by atoms with E-state index in [2.05, 4.69) is 24.1 Å². The fraction of sp³-hybridized carbons (Fsp3) is 1.00. The molecule has 14 heavy (non-hydrogen) atoms. The molecule has 0 aromatic rings. The Bertz CT molecular complexity index is 182. The van der Waals surface area contributed by atoms with Crippen LogP contribution in [0.5, 0.6) is 0 Å². The van der Waals surface area contributed by atoms with Crippen molar-refractivity contribution in [3.63, 3.8) is 0 Å². The van der Waals surface area contributed by atoms with Crippen molar-refractivity contribution >= 4 is 0 Å². The van der Waals surface area contributed by atoms with Crippen LogP contribution in [-0.4, -0.2) is 47.3 Å². The van der Waals surface area contributed by atoms with Crippen LogP contribution < -0.4 is 5.32 Å². The molecule has 2 N–H and O–H groups in total. The first-order chi connectivity index (χ1) is 6.44. The Morgan fingerprint density at radius 2 is 2.14 bits per heavy atom. The Labute approximate surface area is 87.5 Å². The minimum absolute atomic E-state index is 0.532.